The van der Waals surface area contributed by atoms with Crippen LogP contribution in [0, 0.1) is 0 Å². The number of benzene rings is 1. The van der Waals surface area contributed by atoms with Gasteiger partial charge in [-0.3, -0.25) is 4.68 Å². The summed E-state index contributed by atoms with van der Waals surface area (Å²) < 4.78 is 3.06. The Kier molecular flexibility index (Phi) is 2.12. The monoisotopic (exact) mass is 238 g/mol. The third-order valence-corrected chi connectivity index (χ3v) is 2.72. The largest absolute Gasteiger partial charge is 0.268 e. The zero-order valence-corrected chi connectivity index (χ0v) is 9.30. The van der Waals surface area contributed by atoms with E-state index in [1.165, 1.54) is 16.5 Å². The van der Waals surface area contributed by atoms with E-state index in [4.69, 9.17) is 0 Å². The molecule has 1 aromatic carbocycles. The molecular weight excluding hydrogens is 228 g/mol. The van der Waals surface area contributed by atoms with Gasteiger partial charge in [0.1, 0.15) is 0 Å². The standard InChI is InChI=1S/C10H11BrN2/c1-3-7-4-9(11)5-8-6-12-13(2)10(7)8/h4-6H,3H2,1-2H3. The van der Waals surface area contributed by atoms with Crippen LogP contribution < -0.4 is 0 Å². The van der Waals surface area contributed by atoms with Crippen molar-refractivity contribution in [2.75, 3.05) is 0 Å². The molecule has 0 saturated carbocycles. The first-order valence-electron chi connectivity index (χ1n) is 4.32. The van der Waals surface area contributed by atoms with Gasteiger partial charge in [0.2, 0.25) is 0 Å². The van der Waals surface area contributed by atoms with Gasteiger partial charge in [0.15, 0.2) is 0 Å². The molecule has 0 bridgehead atoms. The predicted molar refractivity (Wildman–Crippen MR) is 57.8 cm³/mol. The second kappa shape index (κ2) is 3.14. The Hall–Kier alpha value is -0.830. The van der Waals surface area contributed by atoms with Crippen molar-refractivity contribution >= 4 is 26.8 Å². The highest BCUT2D eigenvalue weighted by Crippen LogP contribution is 2.23. The van der Waals surface area contributed by atoms with Crippen LogP contribution in [0.15, 0.2) is 22.8 Å². The lowest BCUT2D eigenvalue weighted by molar-refractivity contribution is 0.792. The number of hydrogen-bond acceptors (Lipinski definition) is 1. The molecule has 1 heterocycles. The third-order valence-electron chi connectivity index (χ3n) is 2.26. The van der Waals surface area contributed by atoms with E-state index in [1.807, 2.05) is 17.9 Å². The molecule has 0 amide bonds. The number of fused-ring (bicyclic) bond motifs is 1. The van der Waals surface area contributed by atoms with Crippen molar-refractivity contribution in [2.24, 2.45) is 7.05 Å². The summed E-state index contributed by atoms with van der Waals surface area (Å²) in [6.07, 6.45) is 2.94. The van der Waals surface area contributed by atoms with E-state index in [1.54, 1.807) is 0 Å². The van der Waals surface area contributed by atoms with Gasteiger partial charge < -0.3 is 0 Å². The summed E-state index contributed by atoms with van der Waals surface area (Å²) >= 11 is 3.50. The first-order valence-corrected chi connectivity index (χ1v) is 5.12. The fraction of sp³-hybridized carbons (Fsp3) is 0.300. The molecule has 0 saturated heterocycles. The molecule has 1 aromatic heterocycles. The molecule has 0 fully saturated rings. The van der Waals surface area contributed by atoms with E-state index in [0.717, 1.165) is 10.9 Å². The number of hydrogen-bond donors (Lipinski definition) is 0. The van der Waals surface area contributed by atoms with Gasteiger partial charge in [-0.05, 0) is 24.1 Å². The van der Waals surface area contributed by atoms with E-state index < -0.39 is 0 Å². The maximum atomic E-state index is 4.24. The zero-order valence-electron chi connectivity index (χ0n) is 7.71. The molecule has 0 unspecified atom stereocenters. The zero-order chi connectivity index (χ0) is 9.42. The fourth-order valence-electron chi connectivity index (χ4n) is 1.65. The summed E-state index contributed by atoms with van der Waals surface area (Å²) in [5, 5.41) is 5.44. The van der Waals surface area contributed by atoms with Crippen LogP contribution >= 0.6 is 15.9 Å². The quantitative estimate of drug-likeness (QED) is 0.748. The van der Waals surface area contributed by atoms with Crippen molar-refractivity contribution in [3.8, 4) is 0 Å². The molecule has 13 heavy (non-hydrogen) atoms. The SMILES string of the molecule is CCc1cc(Br)cc2cnn(C)c12. The highest BCUT2D eigenvalue weighted by molar-refractivity contribution is 9.10. The molecule has 3 heteroatoms. The molecule has 2 rings (SSSR count). The van der Waals surface area contributed by atoms with E-state index in [0.29, 0.717) is 0 Å². The van der Waals surface area contributed by atoms with Crippen molar-refractivity contribution < 1.29 is 0 Å². The van der Waals surface area contributed by atoms with E-state index in [-0.39, 0.29) is 0 Å². The maximum Gasteiger partial charge on any atom is 0.0711 e. The first-order chi connectivity index (χ1) is 6.22. The Bertz CT molecular complexity index is 445. The van der Waals surface area contributed by atoms with Gasteiger partial charge >= 0.3 is 0 Å². The number of nitrogens with zero attached hydrogens (tertiary/aromatic N) is 2. The van der Waals surface area contributed by atoms with Crippen LogP contribution in [0.25, 0.3) is 10.9 Å². The minimum atomic E-state index is 1.04. The second-order valence-corrected chi connectivity index (χ2v) is 4.04. The normalized spacial score (nSPS) is 11.0. The van der Waals surface area contributed by atoms with Crippen molar-refractivity contribution in [1.29, 1.82) is 0 Å². The predicted octanol–water partition coefficient (Wildman–Crippen LogP) is 2.90. The Balaban J connectivity index is 2.85. The Morgan fingerprint density at radius 3 is 2.92 bits per heavy atom. The lowest BCUT2D eigenvalue weighted by Crippen LogP contribution is -1.93. The van der Waals surface area contributed by atoms with Crippen molar-refractivity contribution in [3.63, 3.8) is 0 Å². The summed E-state index contributed by atoms with van der Waals surface area (Å²) in [6, 6.07) is 4.26. The van der Waals surface area contributed by atoms with Crippen LogP contribution in [-0.4, -0.2) is 9.78 Å². The first kappa shape index (κ1) is 8.75. The van der Waals surface area contributed by atoms with Gasteiger partial charge in [0.25, 0.3) is 0 Å². The highest BCUT2D eigenvalue weighted by atomic mass is 79.9. The molecular formula is C10H11BrN2. The summed E-state index contributed by atoms with van der Waals surface area (Å²) in [6.45, 7) is 2.16. The smallest absolute Gasteiger partial charge is 0.0711 e. The fourth-order valence-corrected chi connectivity index (χ4v) is 2.17. The molecule has 0 N–H and O–H groups in total. The molecule has 0 atom stereocenters. The maximum absolute atomic E-state index is 4.24. The van der Waals surface area contributed by atoms with Gasteiger partial charge in [-0.1, -0.05) is 22.9 Å². The third kappa shape index (κ3) is 1.37. The summed E-state index contributed by atoms with van der Waals surface area (Å²) in [4.78, 5) is 0. The minimum Gasteiger partial charge on any atom is -0.268 e. The van der Waals surface area contributed by atoms with Gasteiger partial charge in [0.05, 0.1) is 11.7 Å². The molecule has 0 aliphatic heterocycles. The van der Waals surface area contributed by atoms with Crippen LogP contribution in [0.5, 0.6) is 0 Å². The van der Waals surface area contributed by atoms with E-state index >= 15 is 0 Å². The Labute approximate surface area is 85.7 Å². The number of halogens is 1. The van der Waals surface area contributed by atoms with E-state index in [2.05, 4.69) is 40.1 Å². The van der Waals surface area contributed by atoms with Crippen LogP contribution in [0.4, 0.5) is 0 Å². The van der Waals surface area contributed by atoms with Crippen molar-refractivity contribution in [2.45, 2.75) is 13.3 Å². The number of rotatable bonds is 1. The Morgan fingerprint density at radius 2 is 2.23 bits per heavy atom. The van der Waals surface area contributed by atoms with Gasteiger partial charge in [-0.15, -0.1) is 0 Å². The van der Waals surface area contributed by atoms with Crippen LogP contribution in [-0.2, 0) is 13.5 Å². The summed E-state index contributed by atoms with van der Waals surface area (Å²) in [5.41, 5.74) is 2.58. The van der Waals surface area contributed by atoms with Gasteiger partial charge in [0, 0.05) is 16.9 Å². The Morgan fingerprint density at radius 1 is 1.46 bits per heavy atom. The molecule has 0 spiro atoms. The highest BCUT2D eigenvalue weighted by Gasteiger charge is 2.05. The lowest BCUT2D eigenvalue weighted by Gasteiger charge is -2.02. The second-order valence-electron chi connectivity index (χ2n) is 3.12. The molecule has 0 aliphatic rings. The van der Waals surface area contributed by atoms with Crippen LogP contribution in [0.1, 0.15) is 12.5 Å². The molecule has 0 aliphatic carbocycles. The van der Waals surface area contributed by atoms with Crippen molar-refractivity contribution in [3.05, 3.63) is 28.4 Å². The topological polar surface area (TPSA) is 17.8 Å². The average Bonchev–Trinajstić information content (AvgIpc) is 2.46. The van der Waals surface area contributed by atoms with Gasteiger partial charge in [-0.25, -0.2) is 0 Å². The number of aromatic nitrogens is 2. The summed E-state index contributed by atoms with van der Waals surface area (Å²) in [7, 11) is 1.98. The van der Waals surface area contributed by atoms with E-state index in [9.17, 15) is 0 Å². The molecule has 2 aromatic rings. The van der Waals surface area contributed by atoms with Crippen LogP contribution in [0.3, 0.4) is 0 Å². The van der Waals surface area contributed by atoms with Crippen molar-refractivity contribution in [1.82, 2.24) is 9.78 Å². The molecule has 2 nitrogen and oxygen atoms in total. The lowest BCUT2D eigenvalue weighted by atomic mass is 10.1. The molecule has 0 radical (unpaired) electrons. The van der Waals surface area contributed by atoms with Gasteiger partial charge in [-0.2, -0.15) is 5.10 Å². The number of aryl methyl sites for hydroxylation is 2. The molecule has 68 valence electrons. The minimum absolute atomic E-state index is 1.04. The van der Waals surface area contributed by atoms with Crippen LogP contribution in [0.2, 0.25) is 0 Å². The average molecular weight is 239 g/mol. The summed E-state index contributed by atoms with van der Waals surface area (Å²) in [5.74, 6) is 0.